The monoisotopic (exact) mass is 236 g/mol. The van der Waals surface area contributed by atoms with Crippen LogP contribution in [0.2, 0.25) is 0 Å². The van der Waals surface area contributed by atoms with Crippen LogP contribution in [0.3, 0.4) is 0 Å². The molecule has 86 valence electrons. The third kappa shape index (κ3) is 2.06. The molecule has 0 aliphatic heterocycles. The molecule has 0 spiro atoms. The Labute approximate surface area is 95.5 Å². The fourth-order valence-electron chi connectivity index (χ4n) is 1.55. The van der Waals surface area contributed by atoms with Gasteiger partial charge in [0.1, 0.15) is 17.5 Å². The number of rotatable bonds is 2. The van der Waals surface area contributed by atoms with Crippen molar-refractivity contribution >= 4 is 6.29 Å². The van der Waals surface area contributed by atoms with Crippen LogP contribution in [0.15, 0.2) is 36.4 Å². The maximum Gasteiger partial charge on any atom is 0.152 e. The molecule has 0 amide bonds. The van der Waals surface area contributed by atoms with E-state index in [1.54, 1.807) is 0 Å². The first kappa shape index (κ1) is 11.4. The highest BCUT2D eigenvalue weighted by Crippen LogP contribution is 2.27. The van der Waals surface area contributed by atoms with Gasteiger partial charge in [-0.05, 0) is 29.8 Å². The van der Waals surface area contributed by atoms with Gasteiger partial charge in [0.15, 0.2) is 6.29 Å². The summed E-state index contributed by atoms with van der Waals surface area (Å²) in [6.07, 6.45) is 0.344. The lowest BCUT2D eigenvalue weighted by Gasteiger charge is -2.05. The van der Waals surface area contributed by atoms with Crippen LogP contribution in [0.25, 0.3) is 11.1 Å². The zero-order chi connectivity index (χ0) is 12.4. The largest absolute Gasteiger partial charge is 0.298 e. The molecule has 0 bridgehead atoms. The molecule has 0 atom stereocenters. The van der Waals surface area contributed by atoms with Crippen LogP contribution >= 0.6 is 0 Å². The molecule has 2 aromatic carbocycles. The number of carbonyl (C=O) groups is 1. The van der Waals surface area contributed by atoms with Gasteiger partial charge in [0.05, 0.1) is 11.1 Å². The maximum atomic E-state index is 13.4. The number of halogens is 3. The fourth-order valence-corrected chi connectivity index (χ4v) is 1.55. The van der Waals surface area contributed by atoms with Crippen LogP contribution in [0, 0.1) is 17.5 Å². The summed E-state index contributed by atoms with van der Waals surface area (Å²) in [6, 6.07) is 6.82. The molecule has 0 saturated heterocycles. The lowest BCUT2D eigenvalue weighted by Crippen LogP contribution is -1.93. The number of carbonyl (C=O) groups excluding carboxylic acids is 1. The SMILES string of the molecule is O=Cc1ccc(-c2c(F)cccc2F)cc1F. The molecule has 17 heavy (non-hydrogen) atoms. The second kappa shape index (κ2) is 4.41. The Hall–Kier alpha value is -2.10. The number of benzene rings is 2. The first-order valence-electron chi connectivity index (χ1n) is 4.82. The van der Waals surface area contributed by atoms with Gasteiger partial charge in [0.25, 0.3) is 0 Å². The van der Waals surface area contributed by atoms with Crippen LogP contribution in [0.4, 0.5) is 13.2 Å². The van der Waals surface area contributed by atoms with Gasteiger partial charge in [-0.1, -0.05) is 12.1 Å². The van der Waals surface area contributed by atoms with E-state index in [1.807, 2.05) is 0 Å². The molecule has 2 rings (SSSR count). The summed E-state index contributed by atoms with van der Waals surface area (Å²) < 4.78 is 40.2. The first-order chi connectivity index (χ1) is 8.13. The van der Waals surface area contributed by atoms with Crippen LogP contribution < -0.4 is 0 Å². The topological polar surface area (TPSA) is 17.1 Å². The molecule has 0 aliphatic carbocycles. The first-order valence-corrected chi connectivity index (χ1v) is 4.82. The minimum atomic E-state index is -0.805. The van der Waals surface area contributed by atoms with E-state index in [0.29, 0.717) is 6.29 Å². The molecule has 0 fully saturated rings. The zero-order valence-corrected chi connectivity index (χ0v) is 8.58. The van der Waals surface area contributed by atoms with Gasteiger partial charge in [0.2, 0.25) is 0 Å². The van der Waals surface area contributed by atoms with Gasteiger partial charge in [-0.25, -0.2) is 13.2 Å². The predicted octanol–water partition coefficient (Wildman–Crippen LogP) is 3.58. The van der Waals surface area contributed by atoms with E-state index >= 15 is 0 Å². The summed E-state index contributed by atoms with van der Waals surface area (Å²) in [6.45, 7) is 0. The second-order valence-corrected chi connectivity index (χ2v) is 3.45. The predicted molar refractivity (Wildman–Crippen MR) is 57.1 cm³/mol. The Balaban J connectivity index is 2.61. The molecule has 0 aliphatic rings. The van der Waals surface area contributed by atoms with E-state index in [9.17, 15) is 18.0 Å². The lowest BCUT2D eigenvalue weighted by atomic mass is 10.0. The van der Waals surface area contributed by atoms with E-state index in [-0.39, 0.29) is 16.7 Å². The summed E-state index contributed by atoms with van der Waals surface area (Å²) in [7, 11) is 0. The van der Waals surface area contributed by atoms with Crippen molar-refractivity contribution < 1.29 is 18.0 Å². The smallest absolute Gasteiger partial charge is 0.152 e. The third-order valence-corrected chi connectivity index (χ3v) is 2.38. The Morgan fingerprint density at radius 3 is 2.06 bits per heavy atom. The molecule has 1 nitrogen and oxygen atoms in total. The second-order valence-electron chi connectivity index (χ2n) is 3.45. The molecule has 4 heteroatoms. The maximum absolute atomic E-state index is 13.4. The quantitative estimate of drug-likeness (QED) is 0.728. The number of hydrogen-bond donors (Lipinski definition) is 0. The minimum absolute atomic E-state index is 0.0590. The summed E-state index contributed by atoms with van der Waals surface area (Å²) in [4.78, 5) is 10.4. The summed E-state index contributed by atoms with van der Waals surface area (Å²) in [5.74, 6) is -2.35. The molecule has 2 aromatic rings. The molecular weight excluding hydrogens is 229 g/mol. The van der Waals surface area contributed by atoms with Crippen molar-refractivity contribution in [2.45, 2.75) is 0 Å². The third-order valence-electron chi connectivity index (χ3n) is 2.38. The molecule has 0 heterocycles. The van der Waals surface area contributed by atoms with Gasteiger partial charge in [-0.2, -0.15) is 0 Å². The molecule has 0 radical (unpaired) electrons. The summed E-state index contributed by atoms with van der Waals surface area (Å²) in [5, 5.41) is 0. The molecule has 0 unspecified atom stereocenters. The van der Waals surface area contributed by atoms with Crippen molar-refractivity contribution in [3.63, 3.8) is 0 Å². The van der Waals surface area contributed by atoms with Crippen molar-refractivity contribution in [1.29, 1.82) is 0 Å². The molecule has 0 aromatic heterocycles. The van der Waals surface area contributed by atoms with Gasteiger partial charge in [-0.3, -0.25) is 4.79 Å². The van der Waals surface area contributed by atoms with Crippen LogP contribution in [0.1, 0.15) is 10.4 Å². The molecule has 0 saturated carbocycles. The lowest BCUT2D eigenvalue weighted by molar-refractivity contribution is 0.112. The normalized spacial score (nSPS) is 10.3. The highest BCUT2D eigenvalue weighted by atomic mass is 19.1. The Morgan fingerprint density at radius 2 is 1.53 bits per heavy atom. The van der Waals surface area contributed by atoms with Crippen LogP contribution in [-0.2, 0) is 0 Å². The standard InChI is InChI=1S/C13H7F3O/c14-10-2-1-3-11(15)13(10)8-4-5-9(7-17)12(16)6-8/h1-7H. The van der Waals surface area contributed by atoms with Gasteiger partial charge in [0, 0.05) is 0 Å². The average molecular weight is 236 g/mol. The summed E-state index contributed by atoms with van der Waals surface area (Å²) in [5.41, 5.74) is -0.391. The Bertz CT molecular complexity index is 559. The van der Waals surface area contributed by atoms with Gasteiger partial charge >= 0.3 is 0 Å². The Kier molecular flexibility index (Phi) is 2.95. The number of hydrogen-bond acceptors (Lipinski definition) is 1. The van der Waals surface area contributed by atoms with Crippen molar-refractivity contribution in [2.24, 2.45) is 0 Å². The van der Waals surface area contributed by atoms with E-state index in [2.05, 4.69) is 0 Å². The molecule has 0 N–H and O–H groups in total. The average Bonchev–Trinajstić information content (AvgIpc) is 2.29. The van der Waals surface area contributed by atoms with E-state index < -0.39 is 17.5 Å². The van der Waals surface area contributed by atoms with Crippen molar-refractivity contribution in [3.8, 4) is 11.1 Å². The fraction of sp³-hybridized carbons (Fsp3) is 0. The minimum Gasteiger partial charge on any atom is -0.298 e. The van der Waals surface area contributed by atoms with E-state index in [1.165, 1.54) is 18.2 Å². The highest BCUT2D eigenvalue weighted by molar-refractivity contribution is 5.77. The van der Waals surface area contributed by atoms with Gasteiger partial charge in [-0.15, -0.1) is 0 Å². The van der Waals surface area contributed by atoms with Crippen molar-refractivity contribution in [2.75, 3.05) is 0 Å². The number of aldehydes is 1. The van der Waals surface area contributed by atoms with Crippen LogP contribution in [0.5, 0.6) is 0 Å². The van der Waals surface area contributed by atoms with E-state index in [0.717, 1.165) is 18.2 Å². The van der Waals surface area contributed by atoms with Crippen molar-refractivity contribution in [1.82, 2.24) is 0 Å². The van der Waals surface area contributed by atoms with E-state index in [4.69, 9.17) is 0 Å². The van der Waals surface area contributed by atoms with Crippen LogP contribution in [-0.4, -0.2) is 6.29 Å². The molecular formula is C13H7F3O. The Morgan fingerprint density at radius 1 is 0.882 bits per heavy atom. The zero-order valence-electron chi connectivity index (χ0n) is 8.58. The summed E-state index contributed by atoms with van der Waals surface area (Å²) >= 11 is 0. The van der Waals surface area contributed by atoms with Gasteiger partial charge < -0.3 is 0 Å². The highest BCUT2D eigenvalue weighted by Gasteiger charge is 2.12. The van der Waals surface area contributed by atoms with Crippen molar-refractivity contribution in [3.05, 3.63) is 59.4 Å².